The molecule has 1 saturated carbocycles. The molecule has 6 nitrogen and oxygen atoms in total. The van der Waals surface area contributed by atoms with Gasteiger partial charge in [0.2, 0.25) is 0 Å². The second-order valence-corrected chi connectivity index (χ2v) is 8.95. The van der Waals surface area contributed by atoms with E-state index in [4.69, 9.17) is 16.6 Å². The lowest BCUT2D eigenvalue weighted by molar-refractivity contribution is 0.270. The number of likely N-dealkylation sites (N-methyl/N-ethyl adjacent to an activating group) is 1. The van der Waals surface area contributed by atoms with Crippen molar-refractivity contribution in [2.24, 2.45) is 4.99 Å². The highest BCUT2D eigenvalue weighted by atomic mass is 35.5. The molecule has 7 heteroatoms. The van der Waals surface area contributed by atoms with Crippen molar-refractivity contribution in [3.8, 4) is 0 Å². The first-order valence-corrected chi connectivity index (χ1v) is 11.6. The molecule has 0 atom stereocenters. The number of hydrogen-bond donors (Lipinski definition) is 2. The van der Waals surface area contributed by atoms with Crippen LogP contribution in [0.3, 0.4) is 0 Å². The van der Waals surface area contributed by atoms with E-state index < -0.39 is 0 Å². The average Bonchev–Trinajstić information content (AvgIpc) is 3.61. The molecule has 0 amide bonds. The zero-order chi connectivity index (χ0) is 21.7. The van der Waals surface area contributed by atoms with Gasteiger partial charge in [-0.2, -0.15) is 0 Å². The fourth-order valence-electron chi connectivity index (χ4n) is 4.20. The number of pyridine rings is 1. The zero-order valence-electron chi connectivity index (χ0n) is 18.6. The summed E-state index contributed by atoms with van der Waals surface area (Å²) >= 11 is 6.19. The number of halogens is 1. The summed E-state index contributed by atoms with van der Waals surface area (Å²) in [6, 6.07) is 12.5. The smallest absolute Gasteiger partial charge is 0.191 e. The number of aliphatic imine (C=N–C) groups is 1. The number of aromatic nitrogens is 1. The van der Waals surface area contributed by atoms with Crippen LogP contribution < -0.4 is 15.5 Å². The predicted molar refractivity (Wildman–Crippen MR) is 129 cm³/mol. The maximum Gasteiger partial charge on any atom is 0.191 e. The Kier molecular flexibility index (Phi) is 6.98. The molecule has 1 aromatic carbocycles. The SMILES string of the molecule is CCN1CCN(c2ccc(CNC(=NC)NCC3(c4cccc(Cl)c4)CC3)cn2)CC1. The molecule has 2 aliphatic rings. The lowest BCUT2D eigenvalue weighted by Crippen LogP contribution is -2.46. The Bertz CT molecular complexity index is 885. The van der Waals surface area contributed by atoms with Crippen LogP contribution >= 0.6 is 11.6 Å². The molecule has 31 heavy (non-hydrogen) atoms. The lowest BCUT2D eigenvalue weighted by Gasteiger charge is -2.34. The third-order valence-corrected chi connectivity index (χ3v) is 6.76. The minimum absolute atomic E-state index is 0.174. The Labute approximate surface area is 190 Å². The predicted octanol–water partition coefficient (Wildman–Crippen LogP) is 3.27. The van der Waals surface area contributed by atoms with Crippen molar-refractivity contribution in [2.75, 3.05) is 51.2 Å². The molecule has 1 aliphatic carbocycles. The summed E-state index contributed by atoms with van der Waals surface area (Å²) in [5, 5.41) is 7.71. The summed E-state index contributed by atoms with van der Waals surface area (Å²) in [5.41, 5.74) is 2.63. The van der Waals surface area contributed by atoms with Gasteiger partial charge in [-0.3, -0.25) is 4.99 Å². The average molecular weight is 441 g/mol. The van der Waals surface area contributed by atoms with Crippen molar-refractivity contribution in [1.82, 2.24) is 20.5 Å². The third-order valence-electron chi connectivity index (χ3n) is 6.52. The quantitative estimate of drug-likeness (QED) is 0.511. The highest BCUT2D eigenvalue weighted by Gasteiger charge is 2.44. The minimum Gasteiger partial charge on any atom is -0.356 e. The van der Waals surface area contributed by atoms with Gasteiger partial charge in [0.05, 0.1) is 0 Å². The number of benzene rings is 1. The normalized spacial score (nSPS) is 18.7. The topological polar surface area (TPSA) is 55.8 Å². The monoisotopic (exact) mass is 440 g/mol. The van der Waals surface area contributed by atoms with E-state index in [-0.39, 0.29) is 5.41 Å². The van der Waals surface area contributed by atoms with Gasteiger partial charge in [-0.25, -0.2) is 4.98 Å². The van der Waals surface area contributed by atoms with Gasteiger partial charge in [0.1, 0.15) is 5.82 Å². The van der Waals surface area contributed by atoms with Crippen LogP contribution in [0.25, 0.3) is 0 Å². The summed E-state index contributed by atoms with van der Waals surface area (Å²) in [6.45, 7) is 9.21. The summed E-state index contributed by atoms with van der Waals surface area (Å²) in [7, 11) is 1.81. The molecular formula is C24H33ClN6. The lowest BCUT2D eigenvalue weighted by atomic mass is 9.96. The molecule has 4 rings (SSSR count). The second-order valence-electron chi connectivity index (χ2n) is 8.52. The molecule has 1 aliphatic heterocycles. The first-order valence-electron chi connectivity index (χ1n) is 11.2. The summed E-state index contributed by atoms with van der Waals surface area (Å²) < 4.78 is 0. The summed E-state index contributed by atoms with van der Waals surface area (Å²) in [4.78, 5) is 13.9. The van der Waals surface area contributed by atoms with Gasteiger partial charge in [-0.1, -0.05) is 36.7 Å². The molecule has 2 heterocycles. The zero-order valence-corrected chi connectivity index (χ0v) is 19.3. The fourth-order valence-corrected chi connectivity index (χ4v) is 4.39. The van der Waals surface area contributed by atoms with Gasteiger partial charge in [0.15, 0.2) is 5.96 Å². The van der Waals surface area contributed by atoms with Crippen molar-refractivity contribution >= 4 is 23.4 Å². The molecule has 1 saturated heterocycles. The number of guanidine groups is 1. The van der Waals surface area contributed by atoms with Gasteiger partial charge in [-0.15, -0.1) is 0 Å². The Balaban J connectivity index is 1.26. The van der Waals surface area contributed by atoms with Gasteiger partial charge in [0, 0.05) is 63.0 Å². The van der Waals surface area contributed by atoms with E-state index in [2.05, 4.69) is 56.6 Å². The molecule has 0 bridgehead atoms. The maximum atomic E-state index is 6.19. The van der Waals surface area contributed by atoms with Gasteiger partial charge in [0.25, 0.3) is 0 Å². The number of nitrogens with one attached hydrogen (secondary N) is 2. The van der Waals surface area contributed by atoms with E-state index >= 15 is 0 Å². The van der Waals surface area contributed by atoms with E-state index in [0.717, 1.165) is 61.6 Å². The highest BCUT2D eigenvalue weighted by Crippen LogP contribution is 2.48. The molecule has 2 N–H and O–H groups in total. The van der Waals surface area contributed by atoms with Crippen LogP contribution in [-0.2, 0) is 12.0 Å². The van der Waals surface area contributed by atoms with Crippen molar-refractivity contribution in [3.63, 3.8) is 0 Å². The van der Waals surface area contributed by atoms with E-state index in [9.17, 15) is 0 Å². The minimum atomic E-state index is 0.174. The summed E-state index contributed by atoms with van der Waals surface area (Å²) in [6.07, 6.45) is 4.32. The Morgan fingerprint density at radius 3 is 2.55 bits per heavy atom. The van der Waals surface area contributed by atoms with Crippen molar-refractivity contribution in [1.29, 1.82) is 0 Å². The first-order chi connectivity index (χ1) is 15.1. The Morgan fingerprint density at radius 2 is 1.94 bits per heavy atom. The van der Waals surface area contributed by atoms with Crippen LogP contribution in [-0.4, -0.2) is 62.2 Å². The van der Waals surface area contributed by atoms with Crippen molar-refractivity contribution < 1.29 is 0 Å². The number of anilines is 1. The van der Waals surface area contributed by atoms with Gasteiger partial charge in [-0.05, 0) is 48.7 Å². The maximum absolute atomic E-state index is 6.19. The van der Waals surface area contributed by atoms with Crippen LogP contribution in [0.1, 0.15) is 30.9 Å². The molecule has 0 radical (unpaired) electrons. The summed E-state index contributed by atoms with van der Waals surface area (Å²) in [5.74, 6) is 1.88. The van der Waals surface area contributed by atoms with E-state index in [1.54, 1.807) is 0 Å². The number of rotatable bonds is 7. The Morgan fingerprint density at radius 1 is 1.13 bits per heavy atom. The molecule has 0 spiro atoms. The molecule has 1 aromatic heterocycles. The number of nitrogens with zero attached hydrogens (tertiary/aromatic N) is 4. The van der Waals surface area contributed by atoms with E-state index in [0.29, 0.717) is 6.54 Å². The number of hydrogen-bond acceptors (Lipinski definition) is 4. The molecule has 166 valence electrons. The second kappa shape index (κ2) is 9.88. The van der Waals surface area contributed by atoms with E-state index in [1.807, 2.05) is 25.4 Å². The van der Waals surface area contributed by atoms with Crippen LogP contribution in [0.2, 0.25) is 5.02 Å². The molecule has 0 unspecified atom stereocenters. The molecule has 2 aromatic rings. The van der Waals surface area contributed by atoms with Crippen LogP contribution in [0.15, 0.2) is 47.6 Å². The molecular weight excluding hydrogens is 408 g/mol. The van der Waals surface area contributed by atoms with E-state index in [1.165, 1.54) is 18.4 Å². The largest absolute Gasteiger partial charge is 0.356 e. The van der Waals surface area contributed by atoms with Crippen LogP contribution in [0.4, 0.5) is 5.82 Å². The highest BCUT2D eigenvalue weighted by molar-refractivity contribution is 6.30. The fraction of sp³-hybridized carbons (Fsp3) is 0.500. The first kappa shape index (κ1) is 21.9. The van der Waals surface area contributed by atoms with Crippen LogP contribution in [0.5, 0.6) is 0 Å². The third kappa shape index (κ3) is 5.49. The van der Waals surface area contributed by atoms with Gasteiger partial charge >= 0.3 is 0 Å². The molecule has 2 fully saturated rings. The van der Waals surface area contributed by atoms with Crippen LogP contribution in [0, 0.1) is 0 Å². The Hall–Kier alpha value is -2.31. The standard InChI is InChI=1S/C24H33ClN6/c1-3-30-11-13-31(14-12-30)22-8-7-19(16-27-22)17-28-23(26-2)29-18-24(9-10-24)20-5-4-6-21(25)15-20/h4-8,15-16H,3,9-14,17-18H2,1-2H3,(H2,26,28,29). The van der Waals surface area contributed by atoms with Crippen molar-refractivity contribution in [3.05, 3.63) is 58.7 Å². The van der Waals surface area contributed by atoms with Crippen molar-refractivity contribution in [2.45, 2.75) is 31.7 Å². The number of piperazine rings is 1. The van der Waals surface area contributed by atoms with Gasteiger partial charge < -0.3 is 20.4 Å².